The van der Waals surface area contributed by atoms with Crippen molar-refractivity contribution in [3.05, 3.63) is 42.5 Å². The van der Waals surface area contributed by atoms with E-state index in [2.05, 4.69) is 44.7 Å². The Morgan fingerprint density at radius 1 is 1.09 bits per heavy atom. The fourth-order valence-corrected chi connectivity index (χ4v) is 2.41. The monoisotopic (exact) mass is 294 g/mol. The van der Waals surface area contributed by atoms with Crippen molar-refractivity contribution in [2.75, 3.05) is 24.3 Å². The number of H-pyrrole nitrogens is 1. The minimum Gasteiger partial charge on any atom is -0.378 e. The van der Waals surface area contributed by atoms with E-state index >= 15 is 0 Å². The van der Waals surface area contributed by atoms with Crippen LogP contribution >= 0.6 is 0 Å². The number of nitrogens with zero attached hydrogens (tertiary/aromatic N) is 2. The van der Waals surface area contributed by atoms with E-state index < -0.39 is 0 Å². The third kappa shape index (κ3) is 2.65. The number of aromatic amines is 1. The number of anilines is 2. The lowest BCUT2D eigenvalue weighted by Gasteiger charge is -2.12. The van der Waals surface area contributed by atoms with Gasteiger partial charge in [0.05, 0.1) is 5.52 Å². The first-order valence-electron chi connectivity index (χ1n) is 7.08. The van der Waals surface area contributed by atoms with E-state index in [1.54, 1.807) is 0 Å². The maximum atomic E-state index is 11.2. The molecule has 5 nitrogen and oxygen atoms in total. The molecular formula is C17H18N4O. The number of nitrogens with one attached hydrogen (secondary N) is 2. The highest BCUT2D eigenvalue weighted by Crippen LogP contribution is 2.28. The Kier molecular flexibility index (Phi) is 3.55. The third-order valence-electron chi connectivity index (χ3n) is 3.57. The van der Waals surface area contributed by atoms with E-state index in [4.69, 9.17) is 0 Å². The number of amides is 1. The van der Waals surface area contributed by atoms with Gasteiger partial charge in [0.1, 0.15) is 0 Å². The molecule has 0 unspecified atom stereocenters. The highest BCUT2D eigenvalue weighted by molar-refractivity contribution is 5.99. The standard InChI is InChI=1S/C17H18N4O/c1-11(22)18-17-15-9-6-13(10-16(15)19-20-17)12-4-7-14(8-5-12)21(2)3/h4-10H,1-3H3,(H2,18,19,20,22). The first-order chi connectivity index (χ1) is 10.5. The first-order valence-corrected chi connectivity index (χ1v) is 7.08. The molecule has 112 valence electrons. The van der Waals surface area contributed by atoms with Crippen LogP contribution in [0, 0.1) is 0 Å². The summed E-state index contributed by atoms with van der Waals surface area (Å²) in [4.78, 5) is 13.2. The van der Waals surface area contributed by atoms with Gasteiger partial charge in [0.15, 0.2) is 5.82 Å². The first kappa shape index (κ1) is 14.1. The Bertz CT molecular complexity index is 818. The average molecular weight is 294 g/mol. The van der Waals surface area contributed by atoms with Crippen LogP contribution < -0.4 is 10.2 Å². The van der Waals surface area contributed by atoms with Crippen molar-refractivity contribution in [1.82, 2.24) is 10.2 Å². The van der Waals surface area contributed by atoms with Gasteiger partial charge >= 0.3 is 0 Å². The summed E-state index contributed by atoms with van der Waals surface area (Å²) < 4.78 is 0. The summed E-state index contributed by atoms with van der Waals surface area (Å²) >= 11 is 0. The van der Waals surface area contributed by atoms with E-state index in [1.807, 2.05) is 32.3 Å². The quantitative estimate of drug-likeness (QED) is 0.779. The van der Waals surface area contributed by atoms with E-state index in [1.165, 1.54) is 12.6 Å². The number of rotatable bonds is 3. The molecule has 1 heterocycles. The van der Waals surface area contributed by atoms with Gasteiger partial charge in [-0.05, 0) is 35.4 Å². The van der Waals surface area contributed by atoms with E-state index in [-0.39, 0.29) is 5.91 Å². The van der Waals surface area contributed by atoms with Crippen LogP contribution in [0.3, 0.4) is 0 Å². The van der Waals surface area contributed by atoms with Crippen molar-refractivity contribution in [3.63, 3.8) is 0 Å². The molecule has 0 aliphatic rings. The van der Waals surface area contributed by atoms with Gasteiger partial charge in [-0.1, -0.05) is 18.2 Å². The predicted octanol–water partition coefficient (Wildman–Crippen LogP) is 3.25. The van der Waals surface area contributed by atoms with Crippen molar-refractivity contribution >= 4 is 28.3 Å². The van der Waals surface area contributed by atoms with Crippen LogP contribution in [0.5, 0.6) is 0 Å². The van der Waals surface area contributed by atoms with Crippen LogP contribution in [0.15, 0.2) is 42.5 Å². The summed E-state index contributed by atoms with van der Waals surface area (Å²) in [5.74, 6) is 0.439. The predicted molar refractivity (Wildman–Crippen MR) is 90.2 cm³/mol. The van der Waals surface area contributed by atoms with Crippen LogP contribution in [0.4, 0.5) is 11.5 Å². The summed E-state index contributed by atoms with van der Waals surface area (Å²) in [6.45, 7) is 1.47. The second-order valence-electron chi connectivity index (χ2n) is 5.46. The molecular weight excluding hydrogens is 276 g/mol. The molecule has 1 aromatic heterocycles. The maximum absolute atomic E-state index is 11.2. The number of fused-ring (bicyclic) bond motifs is 1. The van der Waals surface area contributed by atoms with Crippen LogP contribution in [0.25, 0.3) is 22.0 Å². The normalized spacial score (nSPS) is 10.7. The largest absolute Gasteiger partial charge is 0.378 e. The zero-order valence-corrected chi connectivity index (χ0v) is 12.8. The number of hydrogen-bond donors (Lipinski definition) is 2. The topological polar surface area (TPSA) is 61.0 Å². The Balaban J connectivity index is 1.96. The molecule has 0 saturated heterocycles. The zero-order valence-electron chi connectivity index (χ0n) is 12.8. The van der Waals surface area contributed by atoms with Crippen molar-refractivity contribution in [2.45, 2.75) is 6.92 Å². The van der Waals surface area contributed by atoms with Gasteiger partial charge in [-0.25, -0.2) is 0 Å². The van der Waals surface area contributed by atoms with Crippen molar-refractivity contribution in [3.8, 4) is 11.1 Å². The summed E-state index contributed by atoms with van der Waals surface area (Å²) in [5, 5.41) is 10.7. The highest BCUT2D eigenvalue weighted by Gasteiger charge is 2.08. The SMILES string of the molecule is CC(=O)Nc1n[nH]c2cc(-c3ccc(N(C)C)cc3)ccc12. The van der Waals surface area contributed by atoms with Crippen molar-refractivity contribution in [1.29, 1.82) is 0 Å². The van der Waals surface area contributed by atoms with Gasteiger partial charge < -0.3 is 10.2 Å². The molecule has 22 heavy (non-hydrogen) atoms. The summed E-state index contributed by atoms with van der Waals surface area (Å²) in [6, 6.07) is 14.4. The number of hydrogen-bond acceptors (Lipinski definition) is 3. The number of carbonyl (C=O) groups excluding carboxylic acids is 1. The van der Waals surface area contributed by atoms with Crippen molar-refractivity contribution < 1.29 is 4.79 Å². The van der Waals surface area contributed by atoms with E-state index in [9.17, 15) is 4.79 Å². The Hall–Kier alpha value is -2.82. The zero-order chi connectivity index (χ0) is 15.7. The second-order valence-corrected chi connectivity index (χ2v) is 5.46. The lowest BCUT2D eigenvalue weighted by atomic mass is 10.0. The van der Waals surface area contributed by atoms with Gasteiger partial charge in [0.2, 0.25) is 5.91 Å². The molecule has 3 aromatic rings. The highest BCUT2D eigenvalue weighted by atomic mass is 16.1. The number of carbonyl (C=O) groups is 1. The fraction of sp³-hybridized carbons (Fsp3) is 0.176. The molecule has 0 aliphatic carbocycles. The fourth-order valence-electron chi connectivity index (χ4n) is 2.41. The second kappa shape index (κ2) is 5.52. The molecule has 3 rings (SSSR count). The average Bonchev–Trinajstić information content (AvgIpc) is 2.89. The summed E-state index contributed by atoms with van der Waals surface area (Å²) in [7, 11) is 4.05. The van der Waals surface area contributed by atoms with Gasteiger partial charge in [-0.3, -0.25) is 9.89 Å². The van der Waals surface area contributed by atoms with Gasteiger partial charge in [0, 0.05) is 32.1 Å². The maximum Gasteiger partial charge on any atom is 0.222 e. The van der Waals surface area contributed by atoms with Crippen LogP contribution in [-0.2, 0) is 4.79 Å². The Morgan fingerprint density at radius 2 is 1.77 bits per heavy atom. The van der Waals surface area contributed by atoms with E-state index in [0.29, 0.717) is 5.82 Å². The Labute approximate surface area is 128 Å². The molecule has 0 atom stereocenters. The molecule has 0 bridgehead atoms. The third-order valence-corrected chi connectivity index (χ3v) is 3.57. The van der Waals surface area contributed by atoms with Crippen LogP contribution in [0.2, 0.25) is 0 Å². The van der Waals surface area contributed by atoms with Crippen LogP contribution in [-0.4, -0.2) is 30.2 Å². The van der Waals surface area contributed by atoms with Gasteiger partial charge in [-0.2, -0.15) is 5.10 Å². The number of benzene rings is 2. The minimum atomic E-state index is -0.128. The van der Waals surface area contributed by atoms with Crippen molar-refractivity contribution in [2.24, 2.45) is 0 Å². The molecule has 0 spiro atoms. The van der Waals surface area contributed by atoms with Gasteiger partial charge in [-0.15, -0.1) is 0 Å². The number of aromatic nitrogens is 2. The molecule has 0 fully saturated rings. The molecule has 0 radical (unpaired) electrons. The molecule has 1 amide bonds. The molecule has 0 saturated carbocycles. The smallest absolute Gasteiger partial charge is 0.222 e. The lowest BCUT2D eigenvalue weighted by molar-refractivity contribution is -0.114. The van der Waals surface area contributed by atoms with Crippen LogP contribution in [0.1, 0.15) is 6.92 Å². The minimum absolute atomic E-state index is 0.128. The molecule has 2 N–H and O–H groups in total. The summed E-state index contributed by atoms with van der Waals surface area (Å²) in [5.41, 5.74) is 4.32. The lowest BCUT2D eigenvalue weighted by Crippen LogP contribution is -2.07. The molecule has 5 heteroatoms. The summed E-state index contributed by atoms with van der Waals surface area (Å²) in [6.07, 6.45) is 0. The van der Waals surface area contributed by atoms with E-state index in [0.717, 1.165) is 22.0 Å². The molecule has 0 aliphatic heterocycles. The molecule has 2 aromatic carbocycles. The van der Waals surface area contributed by atoms with Gasteiger partial charge in [0.25, 0.3) is 0 Å². The Morgan fingerprint density at radius 3 is 2.41 bits per heavy atom.